The van der Waals surface area contributed by atoms with Crippen LogP contribution in [0, 0.1) is 0 Å². The second-order valence-electron chi connectivity index (χ2n) is 5.78. The van der Waals surface area contributed by atoms with Gasteiger partial charge in [0.1, 0.15) is 0 Å². The van der Waals surface area contributed by atoms with Crippen LogP contribution in [0.5, 0.6) is 5.75 Å². The van der Waals surface area contributed by atoms with Gasteiger partial charge in [0, 0.05) is 10.3 Å². The number of nitrogens with zero attached hydrogens (tertiary/aromatic N) is 2. The Morgan fingerprint density at radius 3 is 2.79 bits per heavy atom. The highest BCUT2D eigenvalue weighted by Gasteiger charge is 2.17. The Bertz CT molecular complexity index is 1090. The molecule has 0 aliphatic rings. The number of hydrogen-bond donors (Lipinski definition) is 1. The summed E-state index contributed by atoms with van der Waals surface area (Å²) in [4.78, 5) is 13.1. The largest absolute Gasteiger partial charge is 0.490 e. The van der Waals surface area contributed by atoms with Gasteiger partial charge in [-0.1, -0.05) is 35.4 Å². The quantitative estimate of drug-likeness (QED) is 0.457. The molecule has 2 heterocycles. The van der Waals surface area contributed by atoms with Gasteiger partial charge in [0.15, 0.2) is 17.1 Å². The van der Waals surface area contributed by atoms with Crippen molar-refractivity contribution in [1.29, 1.82) is 0 Å². The molecule has 0 unspecified atom stereocenters. The van der Waals surface area contributed by atoms with Crippen molar-refractivity contribution in [1.82, 2.24) is 10.2 Å². The number of fused-ring (bicyclic) bond motifs is 1. The lowest BCUT2D eigenvalue weighted by molar-refractivity contribution is -0.113. The van der Waals surface area contributed by atoms with Crippen LogP contribution in [0.4, 0.5) is 6.01 Å². The second-order valence-corrected chi connectivity index (χ2v) is 6.83. The van der Waals surface area contributed by atoms with Gasteiger partial charge in [-0.15, -0.1) is 16.9 Å². The van der Waals surface area contributed by atoms with E-state index in [0.29, 0.717) is 23.7 Å². The van der Waals surface area contributed by atoms with E-state index in [-0.39, 0.29) is 23.6 Å². The minimum atomic E-state index is -0.229. The minimum absolute atomic E-state index is 0.0270. The summed E-state index contributed by atoms with van der Waals surface area (Å²) in [5.74, 6) is 1.26. The summed E-state index contributed by atoms with van der Waals surface area (Å²) < 4.78 is 16.9. The van der Waals surface area contributed by atoms with Crippen molar-refractivity contribution < 1.29 is 18.4 Å². The highest BCUT2D eigenvalue weighted by molar-refractivity contribution is 8.00. The van der Waals surface area contributed by atoms with Crippen LogP contribution in [0.1, 0.15) is 6.92 Å². The van der Waals surface area contributed by atoms with Crippen molar-refractivity contribution in [2.45, 2.75) is 11.8 Å². The van der Waals surface area contributed by atoms with Crippen LogP contribution < -0.4 is 10.1 Å². The molecule has 2 aromatic carbocycles. The van der Waals surface area contributed by atoms with Crippen LogP contribution in [0.25, 0.3) is 22.6 Å². The van der Waals surface area contributed by atoms with Gasteiger partial charge in [-0.05, 0) is 31.2 Å². The smallest absolute Gasteiger partial charge is 0.322 e. The number of para-hydroxylation sites is 1. The first-order valence-corrected chi connectivity index (χ1v) is 9.68. The SMILES string of the molecule is CCOc1cccc2cc(-c3nnc(NC(=O)CSc4ccccc4)o3)oc12. The summed E-state index contributed by atoms with van der Waals surface area (Å²) in [6, 6.07) is 17.1. The van der Waals surface area contributed by atoms with Crippen LogP contribution in [0.2, 0.25) is 0 Å². The third-order valence-corrected chi connectivity index (χ3v) is 4.82. The van der Waals surface area contributed by atoms with Crippen LogP contribution in [0.15, 0.2) is 68.3 Å². The molecular formula is C20H17N3O4S. The predicted octanol–water partition coefficient (Wildman–Crippen LogP) is 4.61. The van der Waals surface area contributed by atoms with Gasteiger partial charge in [-0.2, -0.15) is 0 Å². The molecule has 0 atom stereocenters. The van der Waals surface area contributed by atoms with Gasteiger partial charge in [0.25, 0.3) is 5.89 Å². The average molecular weight is 395 g/mol. The van der Waals surface area contributed by atoms with Crippen LogP contribution >= 0.6 is 11.8 Å². The van der Waals surface area contributed by atoms with Crippen LogP contribution in [0.3, 0.4) is 0 Å². The molecule has 8 heteroatoms. The molecule has 0 aliphatic heterocycles. The number of rotatable bonds is 7. The van der Waals surface area contributed by atoms with E-state index in [2.05, 4.69) is 15.5 Å². The molecule has 0 radical (unpaired) electrons. The van der Waals surface area contributed by atoms with E-state index in [1.165, 1.54) is 11.8 Å². The molecule has 0 bridgehead atoms. The first-order valence-electron chi connectivity index (χ1n) is 8.70. The Hall–Kier alpha value is -3.26. The third-order valence-electron chi connectivity index (χ3n) is 3.80. The second kappa shape index (κ2) is 8.18. The lowest BCUT2D eigenvalue weighted by atomic mass is 10.2. The number of benzene rings is 2. The molecule has 4 rings (SSSR count). The van der Waals surface area contributed by atoms with Crippen molar-refractivity contribution in [3.8, 4) is 17.4 Å². The molecule has 4 aromatic rings. The molecule has 0 aliphatic carbocycles. The summed E-state index contributed by atoms with van der Waals surface area (Å²) >= 11 is 1.43. The molecule has 2 aromatic heterocycles. The molecular weight excluding hydrogens is 378 g/mol. The molecule has 0 fully saturated rings. The number of carbonyl (C=O) groups is 1. The Labute approximate surface area is 165 Å². The maximum Gasteiger partial charge on any atom is 0.322 e. The number of ether oxygens (including phenoxy) is 1. The van der Waals surface area contributed by atoms with E-state index in [0.717, 1.165) is 10.3 Å². The number of nitrogens with one attached hydrogen (secondary N) is 1. The summed E-state index contributed by atoms with van der Waals surface area (Å²) in [7, 11) is 0. The van der Waals surface area contributed by atoms with Crippen molar-refractivity contribution in [2.24, 2.45) is 0 Å². The first-order chi connectivity index (χ1) is 13.7. The van der Waals surface area contributed by atoms with Gasteiger partial charge in [0.05, 0.1) is 12.4 Å². The summed E-state index contributed by atoms with van der Waals surface area (Å²) in [6.45, 7) is 2.44. The highest BCUT2D eigenvalue weighted by Crippen LogP contribution is 2.33. The number of aromatic nitrogens is 2. The van der Waals surface area contributed by atoms with Gasteiger partial charge < -0.3 is 13.6 Å². The van der Waals surface area contributed by atoms with Gasteiger partial charge in [0.2, 0.25) is 5.91 Å². The Kier molecular flexibility index (Phi) is 5.29. The molecule has 1 N–H and O–H groups in total. The molecule has 0 saturated heterocycles. The fraction of sp³-hybridized carbons (Fsp3) is 0.150. The van der Waals surface area contributed by atoms with Gasteiger partial charge >= 0.3 is 6.01 Å². The van der Waals surface area contributed by atoms with E-state index >= 15 is 0 Å². The molecule has 0 saturated carbocycles. The van der Waals surface area contributed by atoms with Crippen molar-refractivity contribution >= 4 is 34.7 Å². The molecule has 7 nitrogen and oxygen atoms in total. The molecule has 142 valence electrons. The highest BCUT2D eigenvalue weighted by atomic mass is 32.2. The maximum absolute atomic E-state index is 12.1. The number of hydrogen-bond acceptors (Lipinski definition) is 7. The summed E-state index contributed by atoms with van der Waals surface area (Å²) in [6.07, 6.45) is 0. The lowest BCUT2D eigenvalue weighted by Gasteiger charge is -2.01. The summed E-state index contributed by atoms with van der Waals surface area (Å²) in [5.41, 5.74) is 0.613. The number of thioether (sulfide) groups is 1. The van der Waals surface area contributed by atoms with E-state index in [1.54, 1.807) is 6.07 Å². The Morgan fingerprint density at radius 1 is 1.11 bits per heavy atom. The Balaban J connectivity index is 1.45. The zero-order valence-electron chi connectivity index (χ0n) is 15.0. The zero-order chi connectivity index (χ0) is 19.3. The number of carbonyl (C=O) groups excluding carboxylic acids is 1. The van der Waals surface area contributed by atoms with E-state index < -0.39 is 0 Å². The van der Waals surface area contributed by atoms with E-state index in [1.807, 2.05) is 55.5 Å². The van der Waals surface area contributed by atoms with E-state index in [4.69, 9.17) is 13.6 Å². The van der Waals surface area contributed by atoms with Gasteiger partial charge in [-0.3, -0.25) is 10.1 Å². The van der Waals surface area contributed by atoms with Crippen LogP contribution in [-0.4, -0.2) is 28.5 Å². The fourth-order valence-corrected chi connectivity index (χ4v) is 3.32. The number of amides is 1. The number of furan rings is 1. The lowest BCUT2D eigenvalue weighted by Crippen LogP contribution is -2.14. The number of anilines is 1. The molecule has 0 spiro atoms. The van der Waals surface area contributed by atoms with Crippen molar-refractivity contribution in [2.75, 3.05) is 17.7 Å². The normalized spacial score (nSPS) is 10.9. The van der Waals surface area contributed by atoms with Gasteiger partial charge in [-0.25, -0.2) is 0 Å². The summed E-state index contributed by atoms with van der Waals surface area (Å²) in [5, 5.41) is 11.3. The molecule has 28 heavy (non-hydrogen) atoms. The first kappa shape index (κ1) is 18.1. The van der Waals surface area contributed by atoms with Crippen LogP contribution in [-0.2, 0) is 4.79 Å². The maximum atomic E-state index is 12.1. The third kappa shape index (κ3) is 4.01. The standard InChI is InChI=1S/C20H17N3O4S/c1-2-25-15-10-6-7-13-11-16(26-18(13)15)19-22-23-20(27-19)21-17(24)12-28-14-8-4-3-5-9-14/h3-11H,2,12H2,1H3,(H,21,23,24). The molecule has 1 amide bonds. The van der Waals surface area contributed by atoms with Crippen molar-refractivity contribution in [3.05, 3.63) is 54.6 Å². The van der Waals surface area contributed by atoms with Crippen molar-refractivity contribution in [3.63, 3.8) is 0 Å². The topological polar surface area (TPSA) is 90.4 Å². The zero-order valence-corrected chi connectivity index (χ0v) is 15.9. The average Bonchev–Trinajstić information content (AvgIpc) is 3.35. The predicted molar refractivity (Wildman–Crippen MR) is 106 cm³/mol. The monoisotopic (exact) mass is 395 g/mol. The van der Waals surface area contributed by atoms with E-state index in [9.17, 15) is 4.79 Å². The Morgan fingerprint density at radius 2 is 1.96 bits per heavy atom. The minimum Gasteiger partial charge on any atom is -0.490 e. The fourth-order valence-electron chi connectivity index (χ4n) is 2.61.